The first kappa shape index (κ1) is 21.4. The van der Waals surface area contributed by atoms with E-state index in [4.69, 9.17) is 0 Å². The third-order valence-corrected chi connectivity index (χ3v) is 3.93. The molecule has 152 valence electrons. The quantitative estimate of drug-likeness (QED) is 0.607. The van der Waals surface area contributed by atoms with Crippen LogP contribution in [0.1, 0.15) is 20.3 Å². The van der Waals surface area contributed by atoms with Gasteiger partial charge in [0.05, 0.1) is 13.2 Å². The van der Waals surface area contributed by atoms with Gasteiger partial charge in [0.25, 0.3) is 0 Å². The molecule has 2 amide bonds. The number of aromatic nitrogens is 4. The molecule has 0 saturated heterocycles. The van der Waals surface area contributed by atoms with Gasteiger partial charge in [-0.15, -0.1) is 10.2 Å². The van der Waals surface area contributed by atoms with E-state index in [1.54, 1.807) is 0 Å². The summed E-state index contributed by atoms with van der Waals surface area (Å²) in [6.45, 7) is 4.01. The monoisotopic (exact) mass is 392 g/mol. The lowest BCUT2D eigenvalue weighted by Gasteiger charge is -2.21. The van der Waals surface area contributed by atoms with Crippen molar-refractivity contribution in [2.75, 3.05) is 26.2 Å². The number of nitrogens with one attached hydrogen (secondary N) is 1. The van der Waals surface area contributed by atoms with Crippen LogP contribution in [0.3, 0.4) is 0 Å². The first-order valence-electron chi connectivity index (χ1n) is 9.08. The molecule has 0 aliphatic carbocycles. The van der Waals surface area contributed by atoms with Gasteiger partial charge in [-0.3, -0.25) is 9.59 Å². The maximum absolute atomic E-state index is 13.0. The number of benzene rings is 1. The molecule has 0 atom stereocenters. The van der Waals surface area contributed by atoms with Gasteiger partial charge < -0.3 is 15.3 Å². The fourth-order valence-corrected chi connectivity index (χ4v) is 2.39. The van der Waals surface area contributed by atoms with Crippen LogP contribution in [0.2, 0.25) is 0 Å². The highest BCUT2D eigenvalue weighted by atomic mass is 19.1. The van der Waals surface area contributed by atoms with E-state index < -0.39 is 5.91 Å². The molecule has 0 fully saturated rings. The van der Waals surface area contributed by atoms with Gasteiger partial charge in [0.2, 0.25) is 17.6 Å². The molecular formula is C18H25FN6O3. The Labute approximate surface area is 162 Å². The van der Waals surface area contributed by atoms with Crippen molar-refractivity contribution in [3.63, 3.8) is 0 Å². The minimum absolute atomic E-state index is 0.0238. The van der Waals surface area contributed by atoms with Gasteiger partial charge in [-0.2, -0.15) is 4.80 Å². The van der Waals surface area contributed by atoms with E-state index in [0.717, 1.165) is 11.2 Å². The molecule has 0 unspecified atom stereocenters. The zero-order valence-electron chi connectivity index (χ0n) is 16.0. The highest BCUT2D eigenvalue weighted by Crippen LogP contribution is 2.13. The van der Waals surface area contributed by atoms with Crippen LogP contribution >= 0.6 is 0 Å². The number of aliphatic hydroxyl groups is 1. The van der Waals surface area contributed by atoms with E-state index in [9.17, 15) is 19.1 Å². The Morgan fingerprint density at radius 3 is 2.64 bits per heavy atom. The van der Waals surface area contributed by atoms with Crippen LogP contribution in [0.4, 0.5) is 4.39 Å². The highest BCUT2D eigenvalue weighted by Gasteiger charge is 2.18. The summed E-state index contributed by atoms with van der Waals surface area (Å²) in [7, 11) is 0. The Hall–Kier alpha value is -2.88. The lowest BCUT2D eigenvalue weighted by atomic mass is 10.1. The van der Waals surface area contributed by atoms with E-state index in [1.165, 1.54) is 29.2 Å². The van der Waals surface area contributed by atoms with Crippen LogP contribution in [0.5, 0.6) is 0 Å². The number of tetrazole rings is 1. The molecule has 2 N–H and O–H groups in total. The lowest BCUT2D eigenvalue weighted by molar-refractivity contribution is -0.137. The van der Waals surface area contributed by atoms with Crippen LogP contribution in [0.25, 0.3) is 11.4 Å². The Kier molecular flexibility index (Phi) is 8.00. The smallest absolute Gasteiger partial charge is 0.246 e. The predicted molar refractivity (Wildman–Crippen MR) is 99.3 cm³/mol. The molecule has 1 aromatic carbocycles. The van der Waals surface area contributed by atoms with Gasteiger partial charge in [0.15, 0.2) is 0 Å². The molecule has 0 bridgehead atoms. The van der Waals surface area contributed by atoms with Crippen molar-refractivity contribution < 1.29 is 19.1 Å². The SMILES string of the molecule is CC(C)CCNC(=O)CN(CCO)C(=O)Cn1nnc(-c2ccc(F)cc2)n1. The summed E-state index contributed by atoms with van der Waals surface area (Å²) in [5, 5.41) is 23.7. The number of carbonyl (C=O) groups is 2. The third kappa shape index (κ3) is 6.69. The van der Waals surface area contributed by atoms with Crippen molar-refractivity contribution >= 4 is 11.8 Å². The second-order valence-corrected chi connectivity index (χ2v) is 6.72. The van der Waals surface area contributed by atoms with E-state index in [0.29, 0.717) is 18.0 Å². The van der Waals surface area contributed by atoms with Crippen molar-refractivity contribution in [2.45, 2.75) is 26.8 Å². The van der Waals surface area contributed by atoms with Crippen molar-refractivity contribution in [1.29, 1.82) is 0 Å². The Balaban J connectivity index is 1.94. The van der Waals surface area contributed by atoms with E-state index >= 15 is 0 Å². The fourth-order valence-electron chi connectivity index (χ4n) is 2.39. The molecule has 1 aromatic heterocycles. The molecule has 0 saturated carbocycles. The number of carbonyl (C=O) groups excluding carboxylic acids is 2. The van der Waals surface area contributed by atoms with Crippen molar-refractivity contribution in [2.24, 2.45) is 5.92 Å². The standard InChI is InChI=1S/C18H25FN6O3/c1-13(2)7-8-20-16(27)11-24(9-10-26)17(28)12-25-22-18(21-23-25)14-3-5-15(19)6-4-14/h3-6,13,26H,7-12H2,1-2H3,(H,20,27). The molecule has 10 heteroatoms. The average molecular weight is 392 g/mol. The molecule has 9 nitrogen and oxygen atoms in total. The summed E-state index contributed by atoms with van der Waals surface area (Å²) in [4.78, 5) is 26.8. The van der Waals surface area contributed by atoms with Crippen molar-refractivity contribution in [1.82, 2.24) is 30.4 Å². The number of hydrogen-bond acceptors (Lipinski definition) is 6. The molecule has 0 radical (unpaired) electrons. The zero-order chi connectivity index (χ0) is 20.5. The second kappa shape index (κ2) is 10.5. The minimum atomic E-state index is -0.420. The second-order valence-electron chi connectivity index (χ2n) is 6.72. The van der Waals surface area contributed by atoms with E-state index in [-0.39, 0.29) is 43.8 Å². The Bertz CT molecular complexity index is 778. The fraction of sp³-hybridized carbons (Fsp3) is 0.500. The molecule has 2 rings (SSSR count). The number of amides is 2. The summed E-state index contributed by atoms with van der Waals surface area (Å²) < 4.78 is 13.0. The summed E-state index contributed by atoms with van der Waals surface area (Å²) in [5.41, 5.74) is 0.567. The zero-order valence-corrected chi connectivity index (χ0v) is 16.0. The number of aliphatic hydroxyl groups excluding tert-OH is 1. The molecule has 1 heterocycles. The summed E-state index contributed by atoms with van der Waals surface area (Å²) in [5.74, 6) is -0.369. The van der Waals surface area contributed by atoms with Crippen LogP contribution in [0.15, 0.2) is 24.3 Å². The topological polar surface area (TPSA) is 113 Å². The van der Waals surface area contributed by atoms with Crippen LogP contribution < -0.4 is 5.32 Å². The first-order chi connectivity index (χ1) is 13.4. The molecule has 2 aromatic rings. The summed E-state index contributed by atoms with van der Waals surface area (Å²) >= 11 is 0. The molecule has 0 aliphatic heterocycles. The number of nitrogens with zero attached hydrogens (tertiary/aromatic N) is 5. The molecule has 0 aliphatic rings. The van der Waals surface area contributed by atoms with Gasteiger partial charge in [-0.1, -0.05) is 13.8 Å². The van der Waals surface area contributed by atoms with Gasteiger partial charge >= 0.3 is 0 Å². The number of hydrogen-bond donors (Lipinski definition) is 2. The molecule has 28 heavy (non-hydrogen) atoms. The van der Waals surface area contributed by atoms with Gasteiger partial charge in [-0.25, -0.2) is 4.39 Å². The van der Waals surface area contributed by atoms with Gasteiger partial charge in [0, 0.05) is 18.7 Å². The highest BCUT2D eigenvalue weighted by molar-refractivity contribution is 5.84. The lowest BCUT2D eigenvalue weighted by Crippen LogP contribution is -2.43. The van der Waals surface area contributed by atoms with Crippen molar-refractivity contribution in [3.8, 4) is 11.4 Å². The summed E-state index contributed by atoms with van der Waals surface area (Å²) in [6, 6.07) is 5.58. The van der Waals surface area contributed by atoms with Crippen molar-refractivity contribution in [3.05, 3.63) is 30.1 Å². The maximum Gasteiger partial charge on any atom is 0.246 e. The van der Waals surface area contributed by atoms with Crippen LogP contribution in [-0.4, -0.2) is 68.3 Å². The minimum Gasteiger partial charge on any atom is -0.395 e. The third-order valence-electron chi connectivity index (χ3n) is 3.93. The molecule has 0 spiro atoms. The maximum atomic E-state index is 13.0. The Morgan fingerprint density at radius 2 is 2.00 bits per heavy atom. The van der Waals surface area contributed by atoms with Gasteiger partial charge in [-0.05, 0) is 41.8 Å². The molecular weight excluding hydrogens is 367 g/mol. The Morgan fingerprint density at radius 1 is 1.29 bits per heavy atom. The largest absolute Gasteiger partial charge is 0.395 e. The number of halogens is 1. The normalized spacial score (nSPS) is 10.9. The van der Waals surface area contributed by atoms with Gasteiger partial charge in [0.1, 0.15) is 12.4 Å². The first-order valence-corrected chi connectivity index (χ1v) is 9.08. The van der Waals surface area contributed by atoms with E-state index in [1.807, 2.05) is 0 Å². The van der Waals surface area contributed by atoms with Crippen LogP contribution in [-0.2, 0) is 16.1 Å². The average Bonchev–Trinajstić information content (AvgIpc) is 3.10. The number of rotatable bonds is 10. The predicted octanol–water partition coefficient (Wildman–Crippen LogP) is 0.462. The van der Waals surface area contributed by atoms with E-state index in [2.05, 4.69) is 34.6 Å². The summed E-state index contributed by atoms with van der Waals surface area (Å²) in [6.07, 6.45) is 0.842. The van der Waals surface area contributed by atoms with Crippen LogP contribution in [0, 0.1) is 11.7 Å².